The maximum Gasteiger partial charge on any atom is 0.328 e. The van der Waals surface area contributed by atoms with E-state index in [1.807, 2.05) is 6.92 Å². The third kappa shape index (κ3) is 3.58. The number of carbonyl (C=O) groups excluding carboxylic acids is 2. The van der Waals surface area contributed by atoms with Gasteiger partial charge in [0.05, 0.1) is 11.6 Å². The van der Waals surface area contributed by atoms with E-state index >= 15 is 0 Å². The Kier molecular flexibility index (Phi) is 5.14. The van der Waals surface area contributed by atoms with Gasteiger partial charge in [-0.05, 0) is 30.7 Å². The highest BCUT2D eigenvalue weighted by molar-refractivity contribution is 6.32. The number of amides is 3. The average Bonchev–Trinajstić information content (AvgIpc) is 2.74. The van der Waals surface area contributed by atoms with Crippen LogP contribution in [0.5, 0.6) is 11.5 Å². The van der Waals surface area contributed by atoms with Crippen molar-refractivity contribution in [3.05, 3.63) is 28.4 Å². The lowest BCUT2D eigenvalue weighted by atomic mass is 10.1. The summed E-state index contributed by atoms with van der Waals surface area (Å²) in [6.07, 6.45) is 6.70. The molecule has 0 aromatic heterocycles. The van der Waals surface area contributed by atoms with Crippen molar-refractivity contribution < 1.29 is 19.1 Å². The number of rotatable bonds is 5. The largest absolute Gasteiger partial charge is 0.490 e. The molecule has 120 valence electrons. The quantitative estimate of drug-likeness (QED) is 0.509. The number of halogens is 1. The number of likely N-dealkylation sites (N-methyl/N-ethyl adjacent to an activating group) is 1. The number of nitrogens with one attached hydrogen (secondary N) is 1. The Balaban J connectivity index is 2.39. The second-order valence-electron chi connectivity index (χ2n) is 4.61. The van der Waals surface area contributed by atoms with Crippen molar-refractivity contribution in [2.24, 2.45) is 0 Å². The fourth-order valence-electron chi connectivity index (χ4n) is 1.98. The van der Waals surface area contributed by atoms with Crippen molar-refractivity contribution in [2.75, 3.05) is 20.3 Å². The van der Waals surface area contributed by atoms with Crippen molar-refractivity contribution in [1.82, 2.24) is 10.2 Å². The first-order valence-corrected chi connectivity index (χ1v) is 7.19. The van der Waals surface area contributed by atoms with Gasteiger partial charge < -0.3 is 14.8 Å². The maximum absolute atomic E-state index is 11.9. The molecule has 0 radical (unpaired) electrons. The van der Waals surface area contributed by atoms with Gasteiger partial charge in [-0.1, -0.05) is 17.5 Å². The minimum atomic E-state index is -0.480. The van der Waals surface area contributed by atoms with Crippen LogP contribution in [-0.4, -0.2) is 37.1 Å². The topological polar surface area (TPSA) is 67.9 Å². The van der Waals surface area contributed by atoms with Crippen molar-refractivity contribution in [3.63, 3.8) is 0 Å². The van der Waals surface area contributed by atoms with Crippen LogP contribution < -0.4 is 14.8 Å². The van der Waals surface area contributed by atoms with Crippen LogP contribution in [0.15, 0.2) is 17.8 Å². The summed E-state index contributed by atoms with van der Waals surface area (Å²) in [4.78, 5) is 24.3. The van der Waals surface area contributed by atoms with E-state index in [1.54, 1.807) is 12.1 Å². The van der Waals surface area contributed by atoms with Gasteiger partial charge in [-0.25, -0.2) is 4.79 Å². The van der Waals surface area contributed by atoms with Crippen LogP contribution in [0.2, 0.25) is 5.02 Å². The summed E-state index contributed by atoms with van der Waals surface area (Å²) in [6.45, 7) is 2.28. The Bertz CT molecular complexity index is 722. The van der Waals surface area contributed by atoms with E-state index in [0.29, 0.717) is 28.7 Å². The van der Waals surface area contributed by atoms with Crippen LogP contribution in [0, 0.1) is 12.3 Å². The molecular weight excluding hydrogens is 320 g/mol. The molecule has 0 spiro atoms. The van der Waals surface area contributed by atoms with E-state index in [2.05, 4.69) is 11.2 Å². The Labute approximate surface area is 139 Å². The lowest BCUT2D eigenvalue weighted by Crippen LogP contribution is -2.25. The molecule has 3 amide bonds. The van der Waals surface area contributed by atoms with Gasteiger partial charge in [-0.15, -0.1) is 6.42 Å². The van der Waals surface area contributed by atoms with E-state index in [1.165, 1.54) is 13.1 Å². The monoisotopic (exact) mass is 334 g/mol. The predicted molar refractivity (Wildman–Crippen MR) is 86.2 cm³/mol. The van der Waals surface area contributed by atoms with Gasteiger partial charge in [0.2, 0.25) is 0 Å². The Morgan fingerprint density at radius 2 is 2.13 bits per heavy atom. The van der Waals surface area contributed by atoms with Crippen molar-refractivity contribution in [2.45, 2.75) is 6.92 Å². The van der Waals surface area contributed by atoms with Gasteiger partial charge in [-0.3, -0.25) is 9.69 Å². The summed E-state index contributed by atoms with van der Waals surface area (Å²) >= 11 is 6.20. The molecule has 0 unspecified atom stereocenters. The standard InChI is InChI=1S/C16H15ClN2O4/c1-4-6-23-14-11(17)7-10(9-13(14)22-5-2)8-12-15(20)19(3)16(21)18-12/h1,7-9H,5-6H2,2-3H3,(H,18,21)/b12-8+. The highest BCUT2D eigenvalue weighted by Gasteiger charge is 2.30. The molecule has 7 heteroatoms. The second-order valence-corrected chi connectivity index (χ2v) is 5.02. The smallest absolute Gasteiger partial charge is 0.328 e. The molecule has 1 aromatic rings. The zero-order chi connectivity index (χ0) is 17.0. The van der Waals surface area contributed by atoms with Crippen molar-refractivity contribution >= 4 is 29.6 Å². The number of carbonyl (C=O) groups is 2. The van der Waals surface area contributed by atoms with E-state index in [0.717, 1.165) is 4.90 Å². The highest BCUT2D eigenvalue weighted by atomic mass is 35.5. The zero-order valence-electron chi connectivity index (χ0n) is 12.7. The molecule has 1 aliphatic rings. The predicted octanol–water partition coefficient (Wildman–Crippen LogP) is 2.27. The summed E-state index contributed by atoms with van der Waals surface area (Å²) in [5, 5.41) is 2.77. The molecule has 23 heavy (non-hydrogen) atoms. The number of urea groups is 1. The number of hydrogen-bond donors (Lipinski definition) is 1. The van der Waals surface area contributed by atoms with Crippen LogP contribution in [0.25, 0.3) is 6.08 Å². The molecule has 6 nitrogen and oxygen atoms in total. The number of imide groups is 1. The molecule has 1 aromatic carbocycles. The molecule has 1 saturated heterocycles. The molecule has 1 aliphatic heterocycles. The summed E-state index contributed by atoms with van der Waals surface area (Å²) in [5.41, 5.74) is 0.749. The Hall–Kier alpha value is -2.65. The summed E-state index contributed by atoms with van der Waals surface area (Å²) in [5.74, 6) is 2.69. The van der Waals surface area contributed by atoms with E-state index in [-0.39, 0.29) is 12.3 Å². The van der Waals surface area contributed by atoms with Gasteiger partial charge in [0, 0.05) is 7.05 Å². The normalized spacial score (nSPS) is 15.6. The lowest BCUT2D eigenvalue weighted by molar-refractivity contribution is -0.121. The lowest BCUT2D eigenvalue weighted by Gasteiger charge is -2.13. The van der Waals surface area contributed by atoms with Crippen LogP contribution in [0.3, 0.4) is 0 Å². The van der Waals surface area contributed by atoms with E-state index < -0.39 is 11.9 Å². The summed E-state index contributed by atoms with van der Waals surface area (Å²) in [6, 6.07) is 2.78. The molecular formula is C16H15ClN2O4. The number of nitrogens with zero attached hydrogens (tertiary/aromatic N) is 1. The van der Waals surface area contributed by atoms with Crippen molar-refractivity contribution in [1.29, 1.82) is 0 Å². The molecule has 0 saturated carbocycles. The van der Waals surface area contributed by atoms with Crippen LogP contribution >= 0.6 is 11.6 Å². The van der Waals surface area contributed by atoms with Crippen LogP contribution in [-0.2, 0) is 4.79 Å². The van der Waals surface area contributed by atoms with Gasteiger partial charge in [0.15, 0.2) is 11.5 Å². The first-order valence-electron chi connectivity index (χ1n) is 6.81. The number of ether oxygens (including phenoxy) is 2. The molecule has 1 N–H and O–H groups in total. The Morgan fingerprint density at radius 1 is 1.39 bits per heavy atom. The number of benzene rings is 1. The summed E-state index contributed by atoms with van der Waals surface area (Å²) in [7, 11) is 1.40. The van der Waals surface area contributed by atoms with Crippen LogP contribution in [0.4, 0.5) is 4.79 Å². The molecule has 0 aliphatic carbocycles. The van der Waals surface area contributed by atoms with Crippen molar-refractivity contribution in [3.8, 4) is 23.8 Å². The van der Waals surface area contributed by atoms with E-state index in [9.17, 15) is 9.59 Å². The Morgan fingerprint density at radius 3 is 2.70 bits per heavy atom. The zero-order valence-corrected chi connectivity index (χ0v) is 13.4. The van der Waals surface area contributed by atoms with E-state index in [4.69, 9.17) is 27.5 Å². The molecule has 1 heterocycles. The van der Waals surface area contributed by atoms with Gasteiger partial charge >= 0.3 is 6.03 Å². The maximum atomic E-state index is 11.9. The van der Waals surface area contributed by atoms with Crippen LogP contribution in [0.1, 0.15) is 12.5 Å². The fraction of sp³-hybridized carbons (Fsp3) is 0.250. The fourth-order valence-corrected chi connectivity index (χ4v) is 2.25. The number of terminal acetylenes is 1. The minimum Gasteiger partial charge on any atom is -0.490 e. The second kappa shape index (κ2) is 7.07. The summed E-state index contributed by atoms with van der Waals surface area (Å²) < 4.78 is 10.9. The van der Waals surface area contributed by atoms with Gasteiger partial charge in [0.25, 0.3) is 5.91 Å². The third-order valence-electron chi connectivity index (χ3n) is 3.02. The third-order valence-corrected chi connectivity index (χ3v) is 3.30. The SMILES string of the molecule is C#CCOc1c(Cl)cc(/C=C2/NC(=O)N(C)C2=O)cc1OCC. The first-order chi connectivity index (χ1) is 11.0. The average molecular weight is 335 g/mol. The molecule has 0 bridgehead atoms. The highest BCUT2D eigenvalue weighted by Crippen LogP contribution is 2.37. The first kappa shape index (κ1) is 16.7. The molecule has 0 atom stereocenters. The molecule has 1 fully saturated rings. The van der Waals surface area contributed by atoms with Gasteiger partial charge in [0.1, 0.15) is 12.3 Å². The number of hydrogen-bond acceptors (Lipinski definition) is 4. The minimum absolute atomic E-state index is 0.0551. The van der Waals surface area contributed by atoms with Gasteiger partial charge in [-0.2, -0.15) is 0 Å². The molecule has 2 rings (SSSR count).